The summed E-state index contributed by atoms with van der Waals surface area (Å²) in [7, 11) is 0. The second kappa shape index (κ2) is 3.90. The number of anilines is 1. The van der Waals surface area contributed by atoms with Gasteiger partial charge in [-0.1, -0.05) is 29.8 Å². The van der Waals surface area contributed by atoms with Crippen molar-refractivity contribution in [1.29, 1.82) is 0 Å². The van der Waals surface area contributed by atoms with E-state index in [-0.39, 0.29) is 0 Å². The van der Waals surface area contributed by atoms with Crippen LogP contribution in [-0.4, -0.2) is 15.0 Å². The van der Waals surface area contributed by atoms with E-state index in [0.717, 1.165) is 17.8 Å². The van der Waals surface area contributed by atoms with E-state index in [1.54, 1.807) is 4.68 Å². The van der Waals surface area contributed by atoms with Crippen LogP contribution in [0.3, 0.4) is 0 Å². The predicted octanol–water partition coefficient (Wildman–Crippen LogP) is 2.07. The number of halogens is 1. The number of nitrogen functional groups attached to an aromatic ring is 1. The molecule has 0 unspecified atom stereocenters. The normalized spacial score (nSPS) is 10.5. The molecule has 2 rings (SSSR count). The zero-order valence-electron chi connectivity index (χ0n) is 8.31. The van der Waals surface area contributed by atoms with Crippen molar-refractivity contribution in [3.63, 3.8) is 0 Å². The third-order valence-corrected chi connectivity index (χ3v) is 2.42. The number of aromatic nitrogens is 3. The molecule has 15 heavy (non-hydrogen) atoms. The van der Waals surface area contributed by atoms with Crippen LogP contribution in [0.2, 0.25) is 5.02 Å². The van der Waals surface area contributed by atoms with Crippen LogP contribution in [0.25, 0.3) is 5.69 Å². The SMILES string of the molecule is CCc1c(N)nnn1-c1cccc(Cl)c1. The first-order chi connectivity index (χ1) is 7.22. The van der Waals surface area contributed by atoms with Crippen LogP contribution in [0.4, 0.5) is 5.82 Å². The van der Waals surface area contributed by atoms with Crippen molar-refractivity contribution in [2.45, 2.75) is 13.3 Å². The fourth-order valence-electron chi connectivity index (χ4n) is 1.46. The Labute approximate surface area is 92.7 Å². The van der Waals surface area contributed by atoms with Gasteiger partial charge in [0.2, 0.25) is 0 Å². The first-order valence-corrected chi connectivity index (χ1v) is 5.06. The van der Waals surface area contributed by atoms with Crippen molar-refractivity contribution in [2.75, 3.05) is 5.73 Å². The van der Waals surface area contributed by atoms with E-state index in [1.807, 2.05) is 31.2 Å². The molecular formula is C10H11ClN4. The average Bonchev–Trinajstić information content (AvgIpc) is 2.59. The Hall–Kier alpha value is -1.55. The minimum absolute atomic E-state index is 0.470. The molecule has 0 aliphatic carbocycles. The fraction of sp³-hybridized carbons (Fsp3) is 0.200. The second-order valence-electron chi connectivity index (χ2n) is 3.17. The molecule has 78 valence electrons. The van der Waals surface area contributed by atoms with Crippen LogP contribution in [0, 0.1) is 0 Å². The van der Waals surface area contributed by atoms with Crippen LogP contribution >= 0.6 is 11.6 Å². The van der Waals surface area contributed by atoms with Gasteiger partial charge in [-0.05, 0) is 24.6 Å². The highest BCUT2D eigenvalue weighted by Gasteiger charge is 2.09. The Morgan fingerprint density at radius 3 is 2.93 bits per heavy atom. The van der Waals surface area contributed by atoms with Crippen LogP contribution in [0.1, 0.15) is 12.6 Å². The van der Waals surface area contributed by atoms with Gasteiger partial charge in [-0.3, -0.25) is 0 Å². The van der Waals surface area contributed by atoms with Crippen molar-refractivity contribution in [3.05, 3.63) is 35.0 Å². The summed E-state index contributed by atoms with van der Waals surface area (Å²) in [6.07, 6.45) is 0.783. The first-order valence-electron chi connectivity index (χ1n) is 4.68. The molecule has 0 atom stereocenters. The van der Waals surface area contributed by atoms with E-state index >= 15 is 0 Å². The quantitative estimate of drug-likeness (QED) is 0.846. The first kappa shape index (κ1) is 9.98. The monoisotopic (exact) mass is 222 g/mol. The minimum Gasteiger partial charge on any atom is -0.381 e. The summed E-state index contributed by atoms with van der Waals surface area (Å²) < 4.78 is 1.71. The molecule has 4 nitrogen and oxygen atoms in total. The number of nitrogens with two attached hydrogens (primary N) is 1. The highest BCUT2D eigenvalue weighted by atomic mass is 35.5. The molecular weight excluding hydrogens is 212 g/mol. The Morgan fingerprint density at radius 1 is 1.47 bits per heavy atom. The second-order valence-corrected chi connectivity index (χ2v) is 3.60. The van der Waals surface area contributed by atoms with Gasteiger partial charge in [0, 0.05) is 5.02 Å². The lowest BCUT2D eigenvalue weighted by molar-refractivity contribution is 0.767. The van der Waals surface area contributed by atoms with Crippen molar-refractivity contribution in [1.82, 2.24) is 15.0 Å². The zero-order chi connectivity index (χ0) is 10.8. The van der Waals surface area contributed by atoms with E-state index in [2.05, 4.69) is 10.3 Å². The molecule has 0 amide bonds. The maximum Gasteiger partial charge on any atom is 0.169 e. The van der Waals surface area contributed by atoms with E-state index in [9.17, 15) is 0 Å². The largest absolute Gasteiger partial charge is 0.381 e. The Morgan fingerprint density at radius 2 is 2.27 bits per heavy atom. The van der Waals surface area contributed by atoms with E-state index in [1.165, 1.54) is 0 Å². The van der Waals surface area contributed by atoms with E-state index in [0.29, 0.717) is 10.8 Å². The van der Waals surface area contributed by atoms with Crippen LogP contribution < -0.4 is 5.73 Å². The summed E-state index contributed by atoms with van der Waals surface area (Å²) in [5.41, 5.74) is 7.48. The molecule has 0 aliphatic heterocycles. The number of rotatable bonds is 2. The molecule has 0 aliphatic rings. The number of nitrogens with zero attached hydrogens (tertiary/aromatic N) is 3. The molecule has 0 radical (unpaired) electrons. The lowest BCUT2D eigenvalue weighted by Crippen LogP contribution is -2.02. The van der Waals surface area contributed by atoms with Crippen LogP contribution in [-0.2, 0) is 6.42 Å². The maximum absolute atomic E-state index is 5.90. The van der Waals surface area contributed by atoms with Gasteiger partial charge in [0.25, 0.3) is 0 Å². The molecule has 0 saturated carbocycles. The predicted molar refractivity (Wildman–Crippen MR) is 60.2 cm³/mol. The summed E-state index contributed by atoms with van der Waals surface area (Å²) in [5, 5.41) is 8.49. The summed E-state index contributed by atoms with van der Waals surface area (Å²) in [4.78, 5) is 0. The lowest BCUT2D eigenvalue weighted by atomic mass is 10.3. The Balaban J connectivity index is 2.54. The fourth-order valence-corrected chi connectivity index (χ4v) is 1.64. The molecule has 0 spiro atoms. The Kier molecular flexibility index (Phi) is 2.60. The Bertz CT molecular complexity index is 478. The molecule has 1 aromatic heterocycles. The van der Waals surface area contributed by atoms with Gasteiger partial charge in [0.1, 0.15) is 0 Å². The summed E-state index contributed by atoms with van der Waals surface area (Å²) in [6, 6.07) is 7.43. The number of hydrogen-bond donors (Lipinski definition) is 1. The highest BCUT2D eigenvalue weighted by Crippen LogP contribution is 2.18. The van der Waals surface area contributed by atoms with Crippen molar-refractivity contribution >= 4 is 17.4 Å². The maximum atomic E-state index is 5.90. The topological polar surface area (TPSA) is 56.7 Å². The van der Waals surface area contributed by atoms with Gasteiger partial charge in [-0.15, -0.1) is 5.10 Å². The van der Waals surface area contributed by atoms with E-state index < -0.39 is 0 Å². The van der Waals surface area contributed by atoms with E-state index in [4.69, 9.17) is 17.3 Å². The molecule has 0 saturated heterocycles. The summed E-state index contributed by atoms with van der Waals surface area (Å²) in [5.74, 6) is 0.470. The van der Waals surface area contributed by atoms with Gasteiger partial charge < -0.3 is 5.73 Å². The molecule has 0 bridgehead atoms. The number of hydrogen-bond acceptors (Lipinski definition) is 3. The zero-order valence-corrected chi connectivity index (χ0v) is 9.07. The molecule has 2 aromatic rings. The molecule has 0 fully saturated rings. The van der Waals surface area contributed by atoms with Gasteiger partial charge in [-0.2, -0.15) is 0 Å². The van der Waals surface area contributed by atoms with Gasteiger partial charge in [-0.25, -0.2) is 4.68 Å². The van der Waals surface area contributed by atoms with Crippen molar-refractivity contribution in [3.8, 4) is 5.69 Å². The molecule has 1 heterocycles. The van der Waals surface area contributed by atoms with Crippen molar-refractivity contribution in [2.24, 2.45) is 0 Å². The average molecular weight is 223 g/mol. The van der Waals surface area contributed by atoms with Crippen LogP contribution in [0.15, 0.2) is 24.3 Å². The molecule has 2 N–H and O–H groups in total. The lowest BCUT2D eigenvalue weighted by Gasteiger charge is -2.04. The summed E-state index contributed by atoms with van der Waals surface area (Å²) in [6.45, 7) is 2.01. The van der Waals surface area contributed by atoms with Gasteiger partial charge >= 0.3 is 0 Å². The number of benzene rings is 1. The molecule has 1 aromatic carbocycles. The highest BCUT2D eigenvalue weighted by molar-refractivity contribution is 6.30. The van der Waals surface area contributed by atoms with Gasteiger partial charge in [0.15, 0.2) is 5.82 Å². The smallest absolute Gasteiger partial charge is 0.169 e. The van der Waals surface area contributed by atoms with Crippen molar-refractivity contribution < 1.29 is 0 Å². The van der Waals surface area contributed by atoms with Gasteiger partial charge in [0.05, 0.1) is 11.4 Å². The molecule has 5 heteroatoms. The minimum atomic E-state index is 0.470. The summed E-state index contributed by atoms with van der Waals surface area (Å²) >= 11 is 5.90. The van der Waals surface area contributed by atoms with Crippen LogP contribution in [0.5, 0.6) is 0 Å². The third-order valence-electron chi connectivity index (χ3n) is 2.18. The standard InChI is InChI=1S/C10H11ClN4/c1-2-9-10(12)13-14-15(9)8-5-3-4-7(11)6-8/h3-6H,2,12H2,1H3. The third kappa shape index (κ3) is 1.80.